The van der Waals surface area contributed by atoms with Gasteiger partial charge in [-0.15, -0.1) is 0 Å². The van der Waals surface area contributed by atoms with E-state index in [4.69, 9.17) is 4.74 Å². The van der Waals surface area contributed by atoms with E-state index < -0.39 is 17.7 Å². The molecule has 1 atom stereocenters. The number of rotatable bonds is 8. The molecule has 1 amide bonds. The van der Waals surface area contributed by atoms with E-state index in [1.54, 1.807) is 11.8 Å². The minimum Gasteiger partial charge on any atom is -0.503 e. The number of benzene rings is 1. The highest BCUT2D eigenvalue weighted by Crippen LogP contribution is 2.38. The molecule has 2 rings (SSSR count). The van der Waals surface area contributed by atoms with Gasteiger partial charge in [0.2, 0.25) is 0 Å². The Kier molecular flexibility index (Phi) is 6.01. The normalized spacial score (nSPS) is 17.5. The lowest BCUT2D eigenvalue weighted by Crippen LogP contribution is -2.31. The van der Waals surface area contributed by atoms with Gasteiger partial charge in [-0.25, -0.2) is 0 Å². The number of ether oxygens (including phenoxy) is 1. The Bertz CT molecular complexity index is 633. The predicted molar refractivity (Wildman–Crippen MR) is 91.9 cm³/mol. The Labute approximate surface area is 142 Å². The van der Waals surface area contributed by atoms with Crippen molar-refractivity contribution < 1.29 is 19.4 Å². The largest absolute Gasteiger partial charge is 0.503 e. The third-order valence-electron chi connectivity index (χ3n) is 4.06. The molecule has 5 heteroatoms. The third-order valence-corrected chi connectivity index (χ3v) is 4.06. The molecule has 0 spiro atoms. The van der Waals surface area contributed by atoms with Crippen LogP contribution in [-0.2, 0) is 9.59 Å². The van der Waals surface area contributed by atoms with Crippen molar-refractivity contribution in [3.8, 4) is 5.75 Å². The summed E-state index contributed by atoms with van der Waals surface area (Å²) in [7, 11) is 0. The van der Waals surface area contributed by atoms with Crippen LogP contribution in [0, 0.1) is 0 Å². The Balaban J connectivity index is 2.38. The molecule has 0 radical (unpaired) electrons. The van der Waals surface area contributed by atoms with Crippen molar-refractivity contribution in [1.82, 2.24) is 4.90 Å². The standard InChI is InChI=1S/C19H25NO4/c1-4-11-20-17(16(15(21)6-3)18(22)19(20)23)13-7-9-14(10-8-13)24-12-5-2/h7-10,17,22H,4-6,11-12H2,1-3H3. The third kappa shape index (κ3) is 3.45. The molecule has 1 aliphatic rings. The Morgan fingerprint density at radius 1 is 1.17 bits per heavy atom. The summed E-state index contributed by atoms with van der Waals surface area (Å²) in [4.78, 5) is 26.2. The van der Waals surface area contributed by atoms with E-state index in [0.717, 1.165) is 24.2 Å². The first-order valence-corrected chi connectivity index (χ1v) is 8.55. The van der Waals surface area contributed by atoms with Gasteiger partial charge < -0.3 is 14.7 Å². The lowest BCUT2D eigenvalue weighted by molar-refractivity contribution is -0.129. The molecule has 1 N–H and O–H groups in total. The first-order valence-electron chi connectivity index (χ1n) is 8.55. The zero-order valence-electron chi connectivity index (χ0n) is 14.5. The van der Waals surface area contributed by atoms with Gasteiger partial charge >= 0.3 is 0 Å². The van der Waals surface area contributed by atoms with Crippen molar-refractivity contribution in [3.63, 3.8) is 0 Å². The molecule has 1 heterocycles. The molecule has 0 bridgehead atoms. The minimum atomic E-state index is -0.523. The SMILES string of the molecule is CCCOc1ccc(C2C(C(=O)CC)=C(O)C(=O)N2CCC)cc1. The van der Waals surface area contributed by atoms with Gasteiger partial charge in [-0.3, -0.25) is 9.59 Å². The fraction of sp³-hybridized carbons (Fsp3) is 0.474. The van der Waals surface area contributed by atoms with Gasteiger partial charge in [0.25, 0.3) is 5.91 Å². The van der Waals surface area contributed by atoms with Crippen LogP contribution in [0.25, 0.3) is 0 Å². The van der Waals surface area contributed by atoms with Crippen LogP contribution in [0.15, 0.2) is 35.6 Å². The fourth-order valence-corrected chi connectivity index (χ4v) is 2.91. The number of hydrogen-bond acceptors (Lipinski definition) is 4. The number of Topliss-reactive ketones (excluding diaryl/α,β-unsaturated/α-hetero) is 1. The summed E-state index contributed by atoms with van der Waals surface area (Å²) < 4.78 is 5.58. The second-order valence-electron chi connectivity index (χ2n) is 5.86. The second-order valence-corrected chi connectivity index (χ2v) is 5.86. The molecule has 5 nitrogen and oxygen atoms in total. The zero-order valence-corrected chi connectivity index (χ0v) is 14.5. The van der Waals surface area contributed by atoms with Crippen molar-refractivity contribution in [2.24, 2.45) is 0 Å². The number of amides is 1. The van der Waals surface area contributed by atoms with Gasteiger partial charge in [-0.05, 0) is 30.5 Å². The van der Waals surface area contributed by atoms with Gasteiger partial charge in [-0.2, -0.15) is 0 Å². The number of carbonyl (C=O) groups is 2. The average Bonchev–Trinajstić information content (AvgIpc) is 2.85. The summed E-state index contributed by atoms with van der Waals surface area (Å²) >= 11 is 0. The van der Waals surface area contributed by atoms with E-state index in [2.05, 4.69) is 0 Å². The Morgan fingerprint density at radius 3 is 2.38 bits per heavy atom. The van der Waals surface area contributed by atoms with Crippen molar-refractivity contribution in [1.29, 1.82) is 0 Å². The van der Waals surface area contributed by atoms with Gasteiger partial charge in [0.15, 0.2) is 11.5 Å². The highest BCUT2D eigenvalue weighted by atomic mass is 16.5. The van der Waals surface area contributed by atoms with Crippen molar-refractivity contribution in [2.75, 3.05) is 13.2 Å². The Hall–Kier alpha value is -2.30. The van der Waals surface area contributed by atoms with Crippen molar-refractivity contribution >= 4 is 11.7 Å². The monoisotopic (exact) mass is 331 g/mol. The molecule has 130 valence electrons. The summed E-state index contributed by atoms with van der Waals surface area (Å²) in [6, 6.07) is 6.86. The van der Waals surface area contributed by atoms with Crippen LogP contribution in [0.2, 0.25) is 0 Å². The van der Waals surface area contributed by atoms with Gasteiger partial charge in [0.1, 0.15) is 5.75 Å². The lowest BCUT2D eigenvalue weighted by atomic mass is 9.95. The van der Waals surface area contributed by atoms with E-state index >= 15 is 0 Å². The molecule has 0 aliphatic carbocycles. The predicted octanol–water partition coefficient (Wildman–Crippen LogP) is 3.56. The van der Waals surface area contributed by atoms with Crippen LogP contribution >= 0.6 is 0 Å². The highest BCUT2D eigenvalue weighted by molar-refractivity contribution is 6.08. The summed E-state index contributed by atoms with van der Waals surface area (Å²) in [5.74, 6) is -0.323. The number of ketones is 1. The molecule has 0 aromatic heterocycles. The summed E-state index contributed by atoms with van der Waals surface area (Å²) in [5, 5.41) is 10.2. The molecule has 0 saturated carbocycles. The van der Waals surface area contributed by atoms with Gasteiger partial charge in [0.05, 0.1) is 18.2 Å². The summed E-state index contributed by atoms with van der Waals surface area (Å²) in [6.07, 6.45) is 1.93. The number of hydrogen-bond donors (Lipinski definition) is 1. The lowest BCUT2D eigenvalue weighted by Gasteiger charge is -2.26. The molecular formula is C19H25NO4. The summed E-state index contributed by atoms with van der Waals surface area (Å²) in [6.45, 7) is 6.86. The van der Waals surface area contributed by atoms with Gasteiger partial charge in [-0.1, -0.05) is 32.9 Å². The van der Waals surface area contributed by atoms with E-state index in [9.17, 15) is 14.7 Å². The number of aliphatic hydroxyl groups is 1. The van der Waals surface area contributed by atoms with E-state index in [1.807, 2.05) is 38.1 Å². The second kappa shape index (κ2) is 7.99. The first-order chi connectivity index (χ1) is 11.5. The van der Waals surface area contributed by atoms with Crippen LogP contribution in [-0.4, -0.2) is 34.8 Å². The average molecular weight is 331 g/mol. The topological polar surface area (TPSA) is 66.8 Å². The van der Waals surface area contributed by atoms with E-state index in [-0.39, 0.29) is 17.8 Å². The number of nitrogens with zero attached hydrogens (tertiary/aromatic N) is 1. The molecule has 0 fully saturated rings. The van der Waals surface area contributed by atoms with E-state index in [1.165, 1.54) is 0 Å². The smallest absolute Gasteiger partial charge is 0.290 e. The molecule has 1 aliphatic heterocycles. The molecular weight excluding hydrogens is 306 g/mol. The van der Waals surface area contributed by atoms with Crippen LogP contribution in [0.5, 0.6) is 5.75 Å². The molecule has 1 aromatic rings. The van der Waals surface area contributed by atoms with Crippen LogP contribution in [0.1, 0.15) is 51.6 Å². The number of carbonyl (C=O) groups excluding carboxylic acids is 2. The van der Waals surface area contributed by atoms with Crippen molar-refractivity contribution in [3.05, 3.63) is 41.2 Å². The number of aliphatic hydroxyl groups excluding tert-OH is 1. The van der Waals surface area contributed by atoms with Crippen LogP contribution < -0.4 is 4.74 Å². The molecule has 1 aromatic carbocycles. The van der Waals surface area contributed by atoms with Crippen LogP contribution in [0.4, 0.5) is 0 Å². The quantitative estimate of drug-likeness (QED) is 0.791. The first kappa shape index (κ1) is 18.0. The maximum atomic E-state index is 12.4. The molecule has 24 heavy (non-hydrogen) atoms. The van der Waals surface area contributed by atoms with Crippen LogP contribution in [0.3, 0.4) is 0 Å². The zero-order chi connectivity index (χ0) is 17.7. The molecule has 0 saturated heterocycles. The van der Waals surface area contributed by atoms with Crippen molar-refractivity contribution in [2.45, 2.75) is 46.1 Å². The Morgan fingerprint density at radius 2 is 1.83 bits per heavy atom. The maximum absolute atomic E-state index is 12.4. The summed E-state index contributed by atoms with van der Waals surface area (Å²) in [5.41, 5.74) is 1.01. The maximum Gasteiger partial charge on any atom is 0.290 e. The van der Waals surface area contributed by atoms with E-state index in [0.29, 0.717) is 13.2 Å². The molecule has 1 unspecified atom stereocenters. The fourth-order valence-electron chi connectivity index (χ4n) is 2.91. The minimum absolute atomic E-state index is 0.198. The van der Waals surface area contributed by atoms with Gasteiger partial charge in [0, 0.05) is 13.0 Å². The highest BCUT2D eigenvalue weighted by Gasteiger charge is 2.42.